The molecule has 0 amide bonds. The van der Waals surface area contributed by atoms with E-state index in [1.165, 1.54) is 0 Å². The number of aromatic nitrogens is 2. The van der Waals surface area contributed by atoms with Crippen molar-refractivity contribution in [1.29, 1.82) is 0 Å². The fourth-order valence-electron chi connectivity index (χ4n) is 4.46. The number of piperazine rings is 1. The zero-order valence-corrected chi connectivity index (χ0v) is 20.4. The Bertz CT molecular complexity index is 1230. The van der Waals surface area contributed by atoms with Gasteiger partial charge in [-0.1, -0.05) is 35.5 Å². The van der Waals surface area contributed by atoms with Gasteiger partial charge in [-0.15, -0.1) is 11.3 Å². The molecule has 1 aliphatic heterocycles. The van der Waals surface area contributed by atoms with Crippen LogP contribution in [0.15, 0.2) is 59.1 Å². The number of benzene rings is 2. The van der Waals surface area contributed by atoms with E-state index in [9.17, 15) is 5.11 Å². The highest BCUT2D eigenvalue weighted by atomic mass is 32.1. The number of β-amino-alcohol motifs (C(OH)–C–C–N with tert-alkyl or cyclic N) is 1. The summed E-state index contributed by atoms with van der Waals surface area (Å²) >= 11 is 1.67. The molecular weight excluding hydrogens is 448 g/mol. The summed E-state index contributed by atoms with van der Waals surface area (Å²) in [6.45, 7) is 8.56. The van der Waals surface area contributed by atoms with Gasteiger partial charge in [0, 0.05) is 56.5 Å². The monoisotopic (exact) mass is 478 g/mol. The molecule has 7 nitrogen and oxygen atoms in total. The molecule has 0 saturated carbocycles. The third-order valence-corrected chi connectivity index (χ3v) is 7.16. The van der Waals surface area contributed by atoms with Gasteiger partial charge >= 0.3 is 0 Å². The Labute approximate surface area is 203 Å². The molecule has 2 aromatic heterocycles. The fraction of sp³-hybridized carbons (Fsp3) is 0.385. The first-order chi connectivity index (χ1) is 16.5. The highest BCUT2D eigenvalue weighted by Gasteiger charge is 2.26. The first-order valence-corrected chi connectivity index (χ1v) is 12.5. The number of aliphatic hydroxyl groups excluding tert-OH is 1. The number of aliphatic hydroxyl groups is 1. The largest absolute Gasteiger partial charge is 0.491 e. The summed E-state index contributed by atoms with van der Waals surface area (Å²) < 4.78 is 12.6. The maximum atomic E-state index is 10.6. The van der Waals surface area contributed by atoms with E-state index in [0.29, 0.717) is 12.6 Å². The SMILES string of the molecule is Cc1nc2cc(OCC(O)CN3CCN(Cc4cc(-c5ccccc5)on4)C(C)C3)ccc2s1. The van der Waals surface area contributed by atoms with Gasteiger partial charge in [0.25, 0.3) is 0 Å². The fourth-order valence-corrected chi connectivity index (χ4v) is 5.27. The molecule has 178 valence electrons. The van der Waals surface area contributed by atoms with Gasteiger partial charge in [0.15, 0.2) is 5.76 Å². The predicted octanol–water partition coefficient (Wildman–Crippen LogP) is 4.21. The van der Waals surface area contributed by atoms with Crippen molar-refractivity contribution in [2.24, 2.45) is 0 Å². The summed E-state index contributed by atoms with van der Waals surface area (Å²) in [5.41, 5.74) is 2.93. The summed E-state index contributed by atoms with van der Waals surface area (Å²) in [5, 5.41) is 15.9. The van der Waals surface area contributed by atoms with Crippen molar-refractivity contribution in [3.63, 3.8) is 0 Å². The van der Waals surface area contributed by atoms with E-state index < -0.39 is 6.10 Å². The summed E-state index contributed by atoms with van der Waals surface area (Å²) in [6, 6.07) is 18.3. The average molecular weight is 479 g/mol. The average Bonchev–Trinajstić information content (AvgIpc) is 3.45. The third-order valence-electron chi connectivity index (χ3n) is 6.21. The molecule has 1 N–H and O–H groups in total. The van der Waals surface area contributed by atoms with Crippen LogP contribution >= 0.6 is 11.3 Å². The molecule has 1 fully saturated rings. The Kier molecular flexibility index (Phi) is 6.92. The van der Waals surface area contributed by atoms with Crippen LogP contribution in [-0.2, 0) is 6.54 Å². The number of hydrogen-bond donors (Lipinski definition) is 1. The number of thiazole rings is 1. The molecular formula is C26H30N4O3S. The lowest BCUT2D eigenvalue weighted by Crippen LogP contribution is -2.53. The Morgan fingerprint density at radius 1 is 1.18 bits per heavy atom. The maximum Gasteiger partial charge on any atom is 0.167 e. The van der Waals surface area contributed by atoms with E-state index in [-0.39, 0.29) is 6.61 Å². The minimum Gasteiger partial charge on any atom is -0.491 e. The second kappa shape index (κ2) is 10.2. The van der Waals surface area contributed by atoms with Crippen molar-refractivity contribution in [2.45, 2.75) is 32.5 Å². The van der Waals surface area contributed by atoms with Crippen molar-refractivity contribution in [1.82, 2.24) is 19.9 Å². The molecule has 34 heavy (non-hydrogen) atoms. The van der Waals surface area contributed by atoms with Crippen molar-refractivity contribution in [3.8, 4) is 17.1 Å². The van der Waals surface area contributed by atoms with Gasteiger partial charge in [0.2, 0.25) is 0 Å². The van der Waals surface area contributed by atoms with Crippen LogP contribution in [0.2, 0.25) is 0 Å². The Hall–Kier alpha value is -2.78. The summed E-state index contributed by atoms with van der Waals surface area (Å²) in [6.07, 6.45) is -0.546. The predicted molar refractivity (Wildman–Crippen MR) is 134 cm³/mol. The molecule has 0 aliphatic carbocycles. The standard InChI is InChI=1S/C26H30N4O3S/c1-18-14-29(16-22(31)17-32-23-8-9-26-24(13-23)27-19(2)34-26)10-11-30(18)15-21-12-25(33-28-21)20-6-4-3-5-7-20/h3-9,12-13,18,22,31H,10-11,14-17H2,1-2H3. The molecule has 4 aromatic rings. The van der Waals surface area contributed by atoms with E-state index in [1.807, 2.05) is 61.5 Å². The second-order valence-electron chi connectivity index (χ2n) is 8.95. The van der Waals surface area contributed by atoms with Crippen molar-refractivity contribution < 1.29 is 14.4 Å². The van der Waals surface area contributed by atoms with E-state index in [1.54, 1.807) is 11.3 Å². The van der Waals surface area contributed by atoms with Crippen molar-refractivity contribution in [2.75, 3.05) is 32.8 Å². The van der Waals surface area contributed by atoms with Crippen LogP contribution in [0.25, 0.3) is 21.5 Å². The minimum atomic E-state index is -0.546. The first kappa shape index (κ1) is 23.0. The minimum absolute atomic E-state index is 0.268. The van der Waals surface area contributed by atoms with Crippen molar-refractivity contribution in [3.05, 3.63) is 65.3 Å². The number of aryl methyl sites for hydroxylation is 1. The van der Waals surface area contributed by atoms with Crippen LogP contribution in [0.4, 0.5) is 0 Å². The van der Waals surface area contributed by atoms with Crippen LogP contribution in [0, 0.1) is 6.92 Å². The number of hydrogen-bond acceptors (Lipinski definition) is 8. The van der Waals surface area contributed by atoms with E-state index in [0.717, 1.165) is 64.2 Å². The zero-order valence-electron chi connectivity index (χ0n) is 19.6. The Morgan fingerprint density at radius 3 is 2.85 bits per heavy atom. The summed E-state index contributed by atoms with van der Waals surface area (Å²) in [7, 11) is 0. The quantitative estimate of drug-likeness (QED) is 0.407. The highest BCUT2D eigenvalue weighted by molar-refractivity contribution is 7.18. The molecule has 0 spiro atoms. The molecule has 2 atom stereocenters. The second-order valence-corrected chi connectivity index (χ2v) is 10.2. The molecule has 2 aromatic carbocycles. The topological polar surface area (TPSA) is 74.9 Å². The zero-order chi connectivity index (χ0) is 23.5. The molecule has 8 heteroatoms. The summed E-state index contributed by atoms with van der Waals surface area (Å²) in [4.78, 5) is 9.23. The van der Waals surface area contributed by atoms with Gasteiger partial charge in [0.1, 0.15) is 18.5 Å². The molecule has 1 aliphatic rings. The molecule has 3 heterocycles. The highest BCUT2D eigenvalue weighted by Crippen LogP contribution is 2.26. The lowest BCUT2D eigenvalue weighted by Gasteiger charge is -2.40. The van der Waals surface area contributed by atoms with Crippen molar-refractivity contribution >= 4 is 21.6 Å². The smallest absolute Gasteiger partial charge is 0.167 e. The van der Waals surface area contributed by atoms with Crippen LogP contribution in [0.5, 0.6) is 5.75 Å². The van der Waals surface area contributed by atoms with Gasteiger partial charge in [-0.2, -0.15) is 0 Å². The van der Waals surface area contributed by atoms with Gasteiger partial charge in [-0.3, -0.25) is 9.80 Å². The lowest BCUT2D eigenvalue weighted by atomic mass is 10.1. The lowest BCUT2D eigenvalue weighted by molar-refractivity contribution is 0.0250. The van der Waals surface area contributed by atoms with Crippen LogP contribution in [0.3, 0.4) is 0 Å². The number of fused-ring (bicyclic) bond motifs is 1. The molecule has 2 unspecified atom stereocenters. The molecule has 1 saturated heterocycles. The normalized spacial score (nSPS) is 18.4. The molecule has 5 rings (SSSR count). The van der Waals surface area contributed by atoms with E-state index >= 15 is 0 Å². The molecule has 0 bridgehead atoms. The molecule has 0 radical (unpaired) electrons. The first-order valence-electron chi connectivity index (χ1n) is 11.7. The Balaban J connectivity index is 1.09. The third kappa shape index (κ3) is 5.47. The number of nitrogens with zero attached hydrogens (tertiary/aromatic N) is 4. The number of ether oxygens (including phenoxy) is 1. The van der Waals surface area contributed by atoms with E-state index in [4.69, 9.17) is 9.26 Å². The van der Waals surface area contributed by atoms with Gasteiger partial charge in [-0.05, 0) is 26.0 Å². The maximum absolute atomic E-state index is 10.6. The van der Waals surface area contributed by atoms with E-state index in [2.05, 4.69) is 26.9 Å². The Morgan fingerprint density at radius 2 is 2.03 bits per heavy atom. The summed E-state index contributed by atoms with van der Waals surface area (Å²) in [5.74, 6) is 1.55. The van der Waals surface area contributed by atoms with Crippen LogP contribution in [0.1, 0.15) is 17.6 Å². The van der Waals surface area contributed by atoms with Gasteiger partial charge in [-0.25, -0.2) is 4.98 Å². The van der Waals surface area contributed by atoms with Crippen LogP contribution < -0.4 is 4.74 Å². The van der Waals surface area contributed by atoms with Crippen LogP contribution in [-0.4, -0.2) is 70.0 Å². The number of rotatable bonds is 8. The van der Waals surface area contributed by atoms with Gasteiger partial charge in [0.05, 0.1) is 20.9 Å². The van der Waals surface area contributed by atoms with Gasteiger partial charge < -0.3 is 14.4 Å².